The lowest BCUT2D eigenvalue weighted by Gasteiger charge is -2.07. The van der Waals surface area contributed by atoms with Crippen LogP contribution in [0.25, 0.3) is 0 Å². The fourth-order valence-electron chi connectivity index (χ4n) is 4.76. The van der Waals surface area contributed by atoms with Gasteiger partial charge in [-0.2, -0.15) is 21.0 Å². The standard InChI is InChI=1S/C34H40N6O2/c35-23-27-17-19-31(21-29(27)25-37)39-33(41)15-13-11-9-7-5-3-1-2-4-6-8-10-12-14-16-34(42)40-32-20-18-28(24-36)30(22-32)26-38/h17-22H,1-16H2,(H,39,41)(H,40,42). The molecule has 8 heteroatoms. The maximum absolute atomic E-state index is 12.1. The predicted molar refractivity (Wildman–Crippen MR) is 163 cm³/mol. The number of carbonyl (C=O) groups excluding carboxylic acids is 2. The van der Waals surface area contributed by atoms with Crippen LogP contribution in [-0.4, -0.2) is 11.8 Å². The van der Waals surface area contributed by atoms with Gasteiger partial charge in [-0.05, 0) is 49.2 Å². The van der Waals surface area contributed by atoms with Crippen molar-refractivity contribution < 1.29 is 9.59 Å². The molecule has 2 aromatic rings. The number of anilines is 2. The summed E-state index contributed by atoms with van der Waals surface area (Å²) in [6.45, 7) is 0. The molecule has 0 fully saturated rings. The molecule has 0 radical (unpaired) electrons. The Kier molecular flexibility index (Phi) is 16.2. The lowest BCUT2D eigenvalue weighted by atomic mass is 10.0. The third-order valence-corrected chi connectivity index (χ3v) is 7.15. The number of carbonyl (C=O) groups is 2. The summed E-state index contributed by atoms with van der Waals surface area (Å²) in [6.07, 6.45) is 16.8. The van der Waals surface area contributed by atoms with Crippen LogP contribution >= 0.6 is 0 Å². The normalized spacial score (nSPS) is 10.1. The van der Waals surface area contributed by atoms with E-state index < -0.39 is 0 Å². The average Bonchev–Trinajstić information content (AvgIpc) is 3.00. The van der Waals surface area contributed by atoms with Crippen LogP contribution in [0.2, 0.25) is 0 Å². The second kappa shape index (κ2) is 20.3. The van der Waals surface area contributed by atoms with E-state index >= 15 is 0 Å². The van der Waals surface area contributed by atoms with Crippen LogP contribution in [0.15, 0.2) is 36.4 Å². The number of nitriles is 4. The summed E-state index contributed by atoms with van der Waals surface area (Å²) < 4.78 is 0. The fourth-order valence-corrected chi connectivity index (χ4v) is 4.76. The van der Waals surface area contributed by atoms with Gasteiger partial charge < -0.3 is 10.6 Å². The van der Waals surface area contributed by atoms with Crippen LogP contribution < -0.4 is 10.6 Å². The Bertz CT molecular complexity index is 1240. The van der Waals surface area contributed by atoms with Crippen molar-refractivity contribution in [1.29, 1.82) is 21.0 Å². The summed E-state index contributed by atoms with van der Waals surface area (Å²) in [6, 6.07) is 17.4. The lowest BCUT2D eigenvalue weighted by Crippen LogP contribution is -2.11. The van der Waals surface area contributed by atoms with Gasteiger partial charge >= 0.3 is 0 Å². The van der Waals surface area contributed by atoms with E-state index in [4.69, 9.17) is 21.0 Å². The number of unbranched alkanes of at least 4 members (excludes halogenated alkanes) is 13. The van der Waals surface area contributed by atoms with E-state index in [0.29, 0.717) is 35.3 Å². The van der Waals surface area contributed by atoms with Crippen LogP contribution in [0.3, 0.4) is 0 Å². The maximum Gasteiger partial charge on any atom is 0.224 e. The van der Waals surface area contributed by atoms with Crippen molar-refractivity contribution >= 4 is 23.2 Å². The Morgan fingerprint density at radius 3 is 1.02 bits per heavy atom. The predicted octanol–water partition coefficient (Wildman–Crippen LogP) is 7.99. The minimum atomic E-state index is -0.0651. The van der Waals surface area contributed by atoms with Gasteiger partial charge in [0.2, 0.25) is 11.8 Å². The number of rotatable bonds is 19. The summed E-state index contributed by atoms with van der Waals surface area (Å²) in [5.74, 6) is -0.130. The number of hydrogen-bond donors (Lipinski definition) is 2. The zero-order valence-corrected chi connectivity index (χ0v) is 24.4. The monoisotopic (exact) mass is 564 g/mol. The summed E-state index contributed by atoms with van der Waals surface area (Å²) in [7, 11) is 0. The van der Waals surface area contributed by atoms with Crippen LogP contribution in [0.4, 0.5) is 11.4 Å². The van der Waals surface area contributed by atoms with Gasteiger partial charge in [0.1, 0.15) is 24.3 Å². The molecule has 0 aromatic heterocycles. The molecule has 0 bridgehead atoms. The molecule has 2 amide bonds. The third kappa shape index (κ3) is 13.1. The molecule has 2 rings (SSSR count). The Morgan fingerprint density at radius 2 is 0.738 bits per heavy atom. The van der Waals surface area contributed by atoms with E-state index in [2.05, 4.69) is 10.6 Å². The lowest BCUT2D eigenvalue weighted by molar-refractivity contribution is -0.117. The van der Waals surface area contributed by atoms with E-state index in [1.807, 2.05) is 24.3 Å². The molecule has 8 nitrogen and oxygen atoms in total. The molecule has 0 spiro atoms. The van der Waals surface area contributed by atoms with E-state index in [1.54, 1.807) is 24.3 Å². The molecule has 0 aliphatic rings. The van der Waals surface area contributed by atoms with Crippen molar-refractivity contribution in [3.63, 3.8) is 0 Å². The smallest absolute Gasteiger partial charge is 0.224 e. The van der Waals surface area contributed by atoms with Crippen LogP contribution in [0, 0.1) is 45.3 Å². The van der Waals surface area contributed by atoms with E-state index in [0.717, 1.165) is 38.5 Å². The molecule has 0 heterocycles. The third-order valence-electron chi connectivity index (χ3n) is 7.15. The maximum atomic E-state index is 12.1. The van der Waals surface area contributed by atoms with Crippen LogP contribution in [0.1, 0.15) is 125 Å². The average molecular weight is 565 g/mol. The highest BCUT2D eigenvalue weighted by atomic mass is 16.2. The summed E-state index contributed by atoms with van der Waals surface area (Å²) in [4.78, 5) is 24.3. The van der Waals surface area contributed by atoms with Crippen molar-refractivity contribution in [2.24, 2.45) is 0 Å². The number of amides is 2. The number of nitrogens with one attached hydrogen (secondary N) is 2. The van der Waals surface area contributed by atoms with Crippen molar-refractivity contribution in [2.75, 3.05) is 10.6 Å². The highest BCUT2D eigenvalue weighted by molar-refractivity contribution is 5.91. The van der Waals surface area contributed by atoms with Gasteiger partial charge in [-0.1, -0.05) is 77.0 Å². The van der Waals surface area contributed by atoms with Gasteiger partial charge in [0.05, 0.1) is 22.3 Å². The quantitative estimate of drug-likeness (QED) is 0.165. The first-order valence-electron chi connectivity index (χ1n) is 15.0. The molecule has 218 valence electrons. The SMILES string of the molecule is N#Cc1ccc(NC(=O)CCCCCCCCCCCCCCCCC(=O)Nc2ccc(C#N)c(C#N)c2)cc1C#N. The summed E-state index contributed by atoms with van der Waals surface area (Å²) >= 11 is 0. The van der Waals surface area contributed by atoms with Crippen molar-refractivity contribution in [3.8, 4) is 24.3 Å². The van der Waals surface area contributed by atoms with Gasteiger partial charge in [-0.3, -0.25) is 9.59 Å². The van der Waals surface area contributed by atoms with E-state index in [1.165, 1.54) is 63.5 Å². The molecule has 0 atom stereocenters. The second-order valence-electron chi connectivity index (χ2n) is 10.5. The van der Waals surface area contributed by atoms with Crippen molar-refractivity contribution in [2.45, 2.75) is 103 Å². The topological polar surface area (TPSA) is 153 Å². The first-order valence-corrected chi connectivity index (χ1v) is 15.0. The van der Waals surface area contributed by atoms with Crippen molar-refractivity contribution in [1.82, 2.24) is 0 Å². The molecular formula is C34H40N6O2. The molecule has 0 saturated heterocycles. The van der Waals surface area contributed by atoms with Gasteiger partial charge in [-0.15, -0.1) is 0 Å². The minimum Gasteiger partial charge on any atom is -0.326 e. The molecule has 0 aliphatic carbocycles. The molecular weight excluding hydrogens is 524 g/mol. The summed E-state index contributed by atoms with van der Waals surface area (Å²) in [5.41, 5.74) is 2.25. The molecule has 0 saturated carbocycles. The first-order chi connectivity index (χ1) is 20.5. The summed E-state index contributed by atoms with van der Waals surface area (Å²) in [5, 5.41) is 41.8. The molecule has 2 N–H and O–H groups in total. The Labute approximate surface area is 250 Å². The van der Waals surface area contributed by atoms with E-state index in [9.17, 15) is 9.59 Å². The highest BCUT2D eigenvalue weighted by Crippen LogP contribution is 2.18. The number of hydrogen-bond acceptors (Lipinski definition) is 6. The molecule has 2 aromatic carbocycles. The molecule has 42 heavy (non-hydrogen) atoms. The second-order valence-corrected chi connectivity index (χ2v) is 10.5. The number of benzene rings is 2. The molecule has 0 aliphatic heterocycles. The Morgan fingerprint density at radius 1 is 0.452 bits per heavy atom. The largest absolute Gasteiger partial charge is 0.326 e. The van der Waals surface area contributed by atoms with Gasteiger partial charge in [-0.25, -0.2) is 0 Å². The highest BCUT2D eigenvalue weighted by Gasteiger charge is 2.08. The number of nitrogens with zero attached hydrogens (tertiary/aromatic N) is 4. The van der Waals surface area contributed by atoms with Crippen molar-refractivity contribution in [3.05, 3.63) is 58.7 Å². The Balaban J connectivity index is 1.37. The van der Waals surface area contributed by atoms with Gasteiger partial charge in [0.15, 0.2) is 0 Å². The van der Waals surface area contributed by atoms with Crippen LogP contribution in [-0.2, 0) is 9.59 Å². The minimum absolute atomic E-state index is 0.0651. The zero-order valence-electron chi connectivity index (χ0n) is 24.4. The first kappa shape index (κ1) is 33.5. The Hall–Kier alpha value is -4.66. The van der Waals surface area contributed by atoms with Crippen LogP contribution in [0.5, 0.6) is 0 Å². The molecule has 0 unspecified atom stereocenters. The van der Waals surface area contributed by atoms with Gasteiger partial charge in [0, 0.05) is 24.2 Å². The van der Waals surface area contributed by atoms with E-state index in [-0.39, 0.29) is 22.9 Å². The fraction of sp³-hybridized carbons (Fsp3) is 0.471. The van der Waals surface area contributed by atoms with Gasteiger partial charge in [0.25, 0.3) is 0 Å². The zero-order chi connectivity index (χ0) is 30.4.